The Morgan fingerprint density at radius 3 is 2.61 bits per heavy atom. The van der Waals surface area contributed by atoms with Crippen LogP contribution in [-0.2, 0) is 11.2 Å². The Bertz CT molecular complexity index is 968. The minimum absolute atomic E-state index is 0.0339. The largest absolute Gasteiger partial charge is 0.352 e. The fourth-order valence-corrected chi connectivity index (χ4v) is 4.44. The number of amides is 1. The zero-order valence-electron chi connectivity index (χ0n) is 15.6. The molecule has 1 atom stereocenters. The summed E-state index contributed by atoms with van der Waals surface area (Å²) >= 11 is 1.51. The van der Waals surface area contributed by atoms with E-state index in [0.717, 1.165) is 18.9 Å². The van der Waals surface area contributed by atoms with Crippen LogP contribution in [0.5, 0.6) is 0 Å². The number of nitrogens with zero attached hydrogens (tertiary/aromatic N) is 3. The van der Waals surface area contributed by atoms with Crippen LogP contribution in [0.15, 0.2) is 48.5 Å². The number of halogens is 1. The SMILES string of the molecule is N[C@@H](CC(=O)N1CCN(c2nsc3ccccc23)CC1)Cc1ccccc1F. The van der Waals surface area contributed by atoms with Gasteiger partial charge in [0.05, 0.1) is 4.70 Å². The number of anilines is 1. The second-order valence-corrected chi connectivity index (χ2v) is 7.93. The summed E-state index contributed by atoms with van der Waals surface area (Å²) in [6, 6.07) is 14.4. The van der Waals surface area contributed by atoms with Gasteiger partial charge in [-0.2, -0.15) is 4.37 Å². The van der Waals surface area contributed by atoms with E-state index in [-0.39, 0.29) is 24.2 Å². The lowest BCUT2D eigenvalue weighted by molar-refractivity contribution is -0.131. The minimum Gasteiger partial charge on any atom is -0.352 e. The van der Waals surface area contributed by atoms with E-state index in [1.165, 1.54) is 27.7 Å². The second-order valence-electron chi connectivity index (χ2n) is 7.13. The average molecular weight is 399 g/mol. The summed E-state index contributed by atoms with van der Waals surface area (Å²) in [6.07, 6.45) is 0.594. The molecule has 2 N–H and O–H groups in total. The predicted octanol–water partition coefficient (Wildman–Crippen LogP) is 3.04. The van der Waals surface area contributed by atoms with Crippen molar-refractivity contribution in [3.05, 3.63) is 59.9 Å². The normalized spacial score (nSPS) is 15.8. The third-order valence-electron chi connectivity index (χ3n) is 5.17. The van der Waals surface area contributed by atoms with E-state index < -0.39 is 0 Å². The molecule has 0 aliphatic carbocycles. The molecular formula is C21H23FN4OS. The molecule has 7 heteroatoms. The summed E-state index contributed by atoms with van der Waals surface area (Å²) in [7, 11) is 0. The van der Waals surface area contributed by atoms with E-state index in [1.54, 1.807) is 18.2 Å². The molecule has 28 heavy (non-hydrogen) atoms. The topological polar surface area (TPSA) is 62.5 Å². The van der Waals surface area contributed by atoms with Gasteiger partial charge < -0.3 is 15.5 Å². The number of nitrogens with two attached hydrogens (primary N) is 1. The summed E-state index contributed by atoms with van der Waals surface area (Å²) in [5.41, 5.74) is 6.67. The molecule has 1 amide bonds. The van der Waals surface area contributed by atoms with Gasteiger partial charge in [-0.05, 0) is 41.7 Å². The molecule has 0 saturated carbocycles. The lowest BCUT2D eigenvalue weighted by atomic mass is 10.0. The quantitative estimate of drug-likeness (QED) is 0.718. The van der Waals surface area contributed by atoms with Crippen molar-refractivity contribution in [2.24, 2.45) is 5.73 Å². The third-order valence-corrected chi connectivity index (χ3v) is 5.98. The third kappa shape index (κ3) is 4.00. The fraction of sp³-hybridized carbons (Fsp3) is 0.333. The first-order chi connectivity index (χ1) is 13.6. The van der Waals surface area contributed by atoms with E-state index >= 15 is 0 Å². The van der Waals surface area contributed by atoms with Gasteiger partial charge in [0.15, 0.2) is 0 Å². The number of fused-ring (bicyclic) bond motifs is 1. The van der Waals surface area contributed by atoms with E-state index in [4.69, 9.17) is 5.73 Å². The number of rotatable bonds is 5. The molecule has 3 aromatic rings. The molecule has 1 aromatic heterocycles. The fourth-order valence-electron chi connectivity index (χ4n) is 3.64. The number of benzene rings is 2. The van der Waals surface area contributed by atoms with Crippen LogP contribution >= 0.6 is 11.5 Å². The zero-order valence-corrected chi connectivity index (χ0v) is 16.4. The lowest BCUT2D eigenvalue weighted by Crippen LogP contribution is -2.50. The molecule has 0 spiro atoms. The Morgan fingerprint density at radius 1 is 1.11 bits per heavy atom. The second kappa shape index (κ2) is 8.24. The van der Waals surface area contributed by atoms with Crippen molar-refractivity contribution in [2.45, 2.75) is 18.9 Å². The smallest absolute Gasteiger partial charge is 0.224 e. The van der Waals surface area contributed by atoms with Crippen molar-refractivity contribution in [1.82, 2.24) is 9.27 Å². The molecule has 146 valence electrons. The Balaban J connectivity index is 1.32. The lowest BCUT2D eigenvalue weighted by Gasteiger charge is -2.35. The molecule has 1 aliphatic heterocycles. The monoisotopic (exact) mass is 398 g/mol. The highest BCUT2D eigenvalue weighted by Gasteiger charge is 2.25. The van der Waals surface area contributed by atoms with Crippen molar-refractivity contribution in [3.63, 3.8) is 0 Å². The molecule has 1 fully saturated rings. The summed E-state index contributed by atoms with van der Waals surface area (Å²) in [6.45, 7) is 2.80. The summed E-state index contributed by atoms with van der Waals surface area (Å²) in [4.78, 5) is 16.7. The first kappa shape index (κ1) is 18.8. The average Bonchev–Trinajstić information content (AvgIpc) is 3.14. The summed E-state index contributed by atoms with van der Waals surface area (Å²) in [5.74, 6) is 0.769. The van der Waals surface area contributed by atoms with Crippen molar-refractivity contribution >= 4 is 33.3 Å². The Hall–Kier alpha value is -2.51. The molecule has 1 saturated heterocycles. The Morgan fingerprint density at radius 2 is 1.82 bits per heavy atom. The van der Waals surface area contributed by atoms with Crippen LogP contribution in [0.1, 0.15) is 12.0 Å². The van der Waals surface area contributed by atoms with Crippen molar-refractivity contribution in [1.29, 1.82) is 0 Å². The van der Waals surface area contributed by atoms with Gasteiger partial charge in [0.25, 0.3) is 0 Å². The van der Waals surface area contributed by atoms with Crippen LogP contribution in [0.2, 0.25) is 0 Å². The minimum atomic E-state index is -0.384. The molecule has 2 aromatic carbocycles. The Labute approximate surface area is 167 Å². The maximum absolute atomic E-state index is 13.8. The van der Waals surface area contributed by atoms with Gasteiger partial charge in [-0.1, -0.05) is 30.3 Å². The highest BCUT2D eigenvalue weighted by Crippen LogP contribution is 2.29. The van der Waals surface area contributed by atoms with Gasteiger partial charge in [0, 0.05) is 44.0 Å². The standard InChI is InChI=1S/C21H23FN4OS/c22-18-7-3-1-5-15(18)13-16(23)14-20(27)25-9-11-26(12-10-25)21-17-6-2-4-8-19(17)28-24-21/h1-8,16H,9-14,23H2/t16-/m1/s1. The molecular weight excluding hydrogens is 375 g/mol. The van der Waals surface area contributed by atoms with Crippen molar-refractivity contribution < 1.29 is 9.18 Å². The maximum Gasteiger partial charge on any atom is 0.224 e. The van der Waals surface area contributed by atoms with Crippen LogP contribution in [0.3, 0.4) is 0 Å². The van der Waals surface area contributed by atoms with Crippen molar-refractivity contribution in [2.75, 3.05) is 31.1 Å². The predicted molar refractivity (Wildman–Crippen MR) is 111 cm³/mol. The maximum atomic E-state index is 13.8. The number of hydrogen-bond acceptors (Lipinski definition) is 5. The van der Waals surface area contributed by atoms with Crippen LogP contribution in [0.4, 0.5) is 10.2 Å². The number of aromatic nitrogens is 1. The van der Waals surface area contributed by atoms with E-state index in [0.29, 0.717) is 25.1 Å². The van der Waals surface area contributed by atoms with Crippen LogP contribution in [-0.4, -0.2) is 47.4 Å². The molecule has 5 nitrogen and oxygen atoms in total. The molecule has 4 rings (SSSR count). The highest BCUT2D eigenvalue weighted by molar-refractivity contribution is 7.13. The van der Waals surface area contributed by atoms with Crippen molar-refractivity contribution in [3.8, 4) is 0 Å². The summed E-state index contributed by atoms with van der Waals surface area (Å²) < 4.78 is 19.5. The number of hydrogen-bond donors (Lipinski definition) is 1. The van der Waals surface area contributed by atoms with Gasteiger partial charge in [0.2, 0.25) is 5.91 Å². The van der Waals surface area contributed by atoms with Gasteiger partial charge >= 0.3 is 0 Å². The van der Waals surface area contributed by atoms with Crippen LogP contribution < -0.4 is 10.6 Å². The van der Waals surface area contributed by atoms with Gasteiger partial charge in [-0.25, -0.2) is 4.39 Å². The zero-order chi connectivity index (χ0) is 19.5. The molecule has 1 aliphatic rings. The van der Waals surface area contributed by atoms with Crippen LogP contribution in [0, 0.1) is 5.82 Å². The number of carbonyl (C=O) groups is 1. The van der Waals surface area contributed by atoms with Gasteiger partial charge in [-0.3, -0.25) is 4.79 Å². The molecule has 2 heterocycles. The molecule has 0 unspecified atom stereocenters. The number of piperazine rings is 1. The van der Waals surface area contributed by atoms with E-state index in [9.17, 15) is 9.18 Å². The van der Waals surface area contributed by atoms with Gasteiger partial charge in [-0.15, -0.1) is 0 Å². The Kier molecular flexibility index (Phi) is 5.54. The van der Waals surface area contributed by atoms with E-state index in [1.807, 2.05) is 17.0 Å². The highest BCUT2D eigenvalue weighted by atomic mass is 32.1. The summed E-state index contributed by atoms with van der Waals surface area (Å²) in [5, 5.41) is 1.17. The van der Waals surface area contributed by atoms with Crippen LogP contribution in [0.25, 0.3) is 10.1 Å². The molecule has 0 radical (unpaired) electrons. The first-order valence-electron chi connectivity index (χ1n) is 9.48. The first-order valence-corrected chi connectivity index (χ1v) is 10.3. The van der Waals surface area contributed by atoms with E-state index in [2.05, 4.69) is 21.4 Å². The van der Waals surface area contributed by atoms with Gasteiger partial charge in [0.1, 0.15) is 11.6 Å². The number of carbonyl (C=O) groups excluding carboxylic acids is 1. The molecule has 0 bridgehead atoms.